The monoisotopic (exact) mass is 278 g/mol. The normalized spacial score (nSPS) is 10.8. The Hall–Kier alpha value is -2.15. The molecule has 108 valence electrons. The molecule has 1 amide bonds. The van der Waals surface area contributed by atoms with E-state index < -0.39 is 0 Å². The fourth-order valence-electron chi connectivity index (χ4n) is 1.98. The molecule has 2 aromatic rings. The summed E-state index contributed by atoms with van der Waals surface area (Å²) in [5.74, 6) is 1.09. The number of hydrogen-bond acceptors (Lipinski definition) is 5. The van der Waals surface area contributed by atoms with Crippen LogP contribution < -0.4 is 0 Å². The fourth-order valence-corrected chi connectivity index (χ4v) is 1.98. The molecule has 0 aliphatic rings. The van der Waals surface area contributed by atoms with Gasteiger partial charge in [0.05, 0.1) is 25.0 Å². The van der Waals surface area contributed by atoms with Gasteiger partial charge in [0.25, 0.3) is 5.91 Å². The standard InChI is InChI=1S/C13H18N4O3/c1-3-11-12(15-8-20-11)13(19)17(4-5-18)7-10-6-14-9(2)16-10/h6,8,18H,3-5,7H2,1-2H3,(H,14,16). The van der Waals surface area contributed by atoms with Gasteiger partial charge in [-0.2, -0.15) is 0 Å². The number of aromatic nitrogens is 3. The molecule has 7 heteroatoms. The number of aliphatic hydroxyl groups excluding tert-OH is 1. The van der Waals surface area contributed by atoms with E-state index in [2.05, 4.69) is 15.0 Å². The van der Waals surface area contributed by atoms with E-state index in [4.69, 9.17) is 9.52 Å². The van der Waals surface area contributed by atoms with E-state index in [0.29, 0.717) is 24.4 Å². The second-order valence-electron chi connectivity index (χ2n) is 4.42. The van der Waals surface area contributed by atoms with Crippen molar-refractivity contribution < 1.29 is 14.3 Å². The van der Waals surface area contributed by atoms with Crippen molar-refractivity contribution in [2.45, 2.75) is 26.8 Å². The van der Waals surface area contributed by atoms with E-state index in [-0.39, 0.29) is 19.1 Å². The van der Waals surface area contributed by atoms with Crippen LogP contribution in [-0.4, -0.2) is 44.0 Å². The lowest BCUT2D eigenvalue weighted by Gasteiger charge is -2.20. The van der Waals surface area contributed by atoms with Gasteiger partial charge in [0.2, 0.25) is 0 Å². The molecule has 0 aliphatic heterocycles. The van der Waals surface area contributed by atoms with Crippen molar-refractivity contribution in [3.8, 4) is 0 Å². The number of aliphatic hydroxyl groups is 1. The quantitative estimate of drug-likeness (QED) is 0.818. The zero-order valence-corrected chi connectivity index (χ0v) is 11.6. The van der Waals surface area contributed by atoms with E-state index >= 15 is 0 Å². The maximum Gasteiger partial charge on any atom is 0.276 e. The summed E-state index contributed by atoms with van der Waals surface area (Å²) in [5, 5.41) is 9.13. The third-order valence-electron chi connectivity index (χ3n) is 2.94. The fraction of sp³-hybridized carbons (Fsp3) is 0.462. The van der Waals surface area contributed by atoms with Crippen LogP contribution in [0.25, 0.3) is 0 Å². The van der Waals surface area contributed by atoms with Crippen LogP contribution in [0.2, 0.25) is 0 Å². The number of aromatic amines is 1. The summed E-state index contributed by atoms with van der Waals surface area (Å²) < 4.78 is 5.18. The molecule has 2 heterocycles. The molecule has 2 rings (SSSR count). The van der Waals surface area contributed by atoms with Gasteiger partial charge in [0.1, 0.15) is 11.6 Å². The first-order chi connectivity index (χ1) is 9.65. The SMILES string of the molecule is CCc1ocnc1C(=O)N(CCO)Cc1cnc(C)[nH]1. The predicted octanol–water partition coefficient (Wildman–Crippen LogP) is 0.903. The molecule has 0 radical (unpaired) electrons. The maximum absolute atomic E-state index is 12.4. The first kappa shape index (κ1) is 14.3. The highest BCUT2D eigenvalue weighted by Gasteiger charge is 2.22. The molecule has 0 saturated heterocycles. The Morgan fingerprint density at radius 3 is 2.90 bits per heavy atom. The first-order valence-electron chi connectivity index (χ1n) is 6.48. The molecule has 0 atom stereocenters. The van der Waals surface area contributed by atoms with Crippen molar-refractivity contribution in [3.05, 3.63) is 35.6 Å². The Morgan fingerprint density at radius 2 is 2.30 bits per heavy atom. The lowest BCUT2D eigenvalue weighted by molar-refractivity contribution is 0.0698. The Bertz CT molecular complexity index is 576. The number of imidazole rings is 1. The average molecular weight is 278 g/mol. The number of nitrogens with one attached hydrogen (secondary N) is 1. The highest BCUT2D eigenvalue weighted by molar-refractivity contribution is 5.93. The number of nitrogens with zero attached hydrogens (tertiary/aromatic N) is 3. The highest BCUT2D eigenvalue weighted by atomic mass is 16.3. The van der Waals surface area contributed by atoms with Crippen molar-refractivity contribution in [2.75, 3.05) is 13.2 Å². The lowest BCUT2D eigenvalue weighted by Crippen LogP contribution is -2.34. The Kier molecular flexibility index (Phi) is 4.52. The molecule has 0 saturated carbocycles. The lowest BCUT2D eigenvalue weighted by atomic mass is 10.2. The minimum Gasteiger partial charge on any atom is -0.448 e. The number of amides is 1. The van der Waals surface area contributed by atoms with Gasteiger partial charge in [-0.05, 0) is 6.92 Å². The third kappa shape index (κ3) is 3.05. The molecule has 0 unspecified atom stereocenters. The number of hydrogen-bond donors (Lipinski definition) is 2. The van der Waals surface area contributed by atoms with Gasteiger partial charge in [-0.1, -0.05) is 6.92 Å². The van der Waals surface area contributed by atoms with Crippen molar-refractivity contribution >= 4 is 5.91 Å². The maximum atomic E-state index is 12.4. The minimum absolute atomic E-state index is 0.113. The number of carbonyl (C=O) groups excluding carboxylic acids is 1. The van der Waals surface area contributed by atoms with E-state index in [0.717, 1.165) is 11.5 Å². The zero-order chi connectivity index (χ0) is 14.5. The van der Waals surface area contributed by atoms with E-state index in [9.17, 15) is 4.79 Å². The van der Waals surface area contributed by atoms with Crippen molar-refractivity contribution in [3.63, 3.8) is 0 Å². The van der Waals surface area contributed by atoms with E-state index in [1.807, 2.05) is 13.8 Å². The first-order valence-corrected chi connectivity index (χ1v) is 6.48. The number of carbonyl (C=O) groups is 1. The van der Waals surface area contributed by atoms with Crippen LogP contribution in [0, 0.1) is 6.92 Å². The largest absolute Gasteiger partial charge is 0.448 e. The predicted molar refractivity (Wildman–Crippen MR) is 71.0 cm³/mol. The number of H-pyrrole nitrogens is 1. The molecule has 2 N–H and O–H groups in total. The summed E-state index contributed by atoms with van der Waals surface area (Å²) in [4.78, 5) is 25.1. The molecule has 0 aromatic carbocycles. The molecule has 20 heavy (non-hydrogen) atoms. The van der Waals surface area contributed by atoms with Gasteiger partial charge in [-0.25, -0.2) is 9.97 Å². The second kappa shape index (κ2) is 6.33. The van der Waals surface area contributed by atoms with Crippen LogP contribution in [0.3, 0.4) is 0 Å². The number of rotatable bonds is 6. The molecule has 0 aliphatic carbocycles. The molecular weight excluding hydrogens is 260 g/mol. The van der Waals surface area contributed by atoms with Gasteiger partial charge in [0.15, 0.2) is 12.1 Å². The van der Waals surface area contributed by atoms with Crippen molar-refractivity contribution in [2.24, 2.45) is 0 Å². The van der Waals surface area contributed by atoms with Gasteiger partial charge < -0.3 is 19.4 Å². The minimum atomic E-state index is -0.253. The summed E-state index contributed by atoms with van der Waals surface area (Å²) in [6.45, 7) is 4.20. The molecular formula is C13H18N4O3. The van der Waals surface area contributed by atoms with Crippen LogP contribution in [0.5, 0.6) is 0 Å². The summed E-state index contributed by atoms with van der Waals surface area (Å²) in [5.41, 5.74) is 1.11. The van der Waals surface area contributed by atoms with Gasteiger partial charge in [0, 0.05) is 13.0 Å². The van der Waals surface area contributed by atoms with Crippen LogP contribution in [0.4, 0.5) is 0 Å². The summed E-state index contributed by atoms with van der Waals surface area (Å²) in [6.07, 6.45) is 3.54. The van der Waals surface area contributed by atoms with Gasteiger partial charge in [-0.15, -0.1) is 0 Å². The Balaban J connectivity index is 2.17. The average Bonchev–Trinajstić information content (AvgIpc) is 3.06. The summed E-state index contributed by atoms with van der Waals surface area (Å²) in [6, 6.07) is 0. The molecule has 0 bridgehead atoms. The summed E-state index contributed by atoms with van der Waals surface area (Å²) in [7, 11) is 0. The van der Waals surface area contributed by atoms with E-state index in [1.54, 1.807) is 6.20 Å². The molecule has 0 spiro atoms. The van der Waals surface area contributed by atoms with Crippen LogP contribution in [0.15, 0.2) is 17.0 Å². The van der Waals surface area contributed by atoms with Crippen molar-refractivity contribution in [1.29, 1.82) is 0 Å². The molecule has 0 fully saturated rings. The number of oxazole rings is 1. The molecule has 7 nitrogen and oxygen atoms in total. The smallest absolute Gasteiger partial charge is 0.276 e. The number of aryl methyl sites for hydroxylation is 2. The highest BCUT2D eigenvalue weighted by Crippen LogP contribution is 2.12. The second-order valence-corrected chi connectivity index (χ2v) is 4.42. The van der Waals surface area contributed by atoms with Crippen molar-refractivity contribution in [1.82, 2.24) is 19.9 Å². The van der Waals surface area contributed by atoms with E-state index in [1.165, 1.54) is 11.3 Å². The molecule has 2 aromatic heterocycles. The van der Waals surface area contributed by atoms with Crippen LogP contribution in [0.1, 0.15) is 34.7 Å². The van der Waals surface area contributed by atoms with Gasteiger partial charge in [-0.3, -0.25) is 4.79 Å². The Labute approximate surface area is 116 Å². The topological polar surface area (TPSA) is 95.2 Å². The third-order valence-corrected chi connectivity index (χ3v) is 2.94. The summed E-state index contributed by atoms with van der Waals surface area (Å²) >= 11 is 0. The van der Waals surface area contributed by atoms with Gasteiger partial charge >= 0.3 is 0 Å². The Morgan fingerprint density at radius 1 is 1.50 bits per heavy atom. The zero-order valence-electron chi connectivity index (χ0n) is 11.6. The van der Waals surface area contributed by atoms with Crippen LogP contribution in [-0.2, 0) is 13.0 Å². The van der Waals surface area contributed by atoms with Crippen LogP contribution >= 0.6 is 0 Å².